The Balaban J connectivity index is 2.01. The molecule has 1 aromatic rings. The van der Waals surface area contributed by atoms with Crippen LogP contribution in [0, 0.1) is 0 Å². The van der Waals surface area contributed by atoms with E-state index in [1.54, 1.807) is 18.0 Å². The van der Waals surface area contributed by atoms with Crippen LogP contribution in [-0.2, 0) is 9.53 Å². The molecule has 1 amide bonds. The lowest BCUT2D eigenvalue weighted by atomic mass is 10.1. The van der Waals surface area contributed by atoms with Gasteiger partial charge in [0.25, 0.3) is 0 Å². The summed E-state index contributed by atoms with van der Waals surface area (Å²) in [6.45, 7) is 0.766. The zero-order valence-electron chi connectivity index (χ0n) is 11.1. The number of halogens is 1. The van der Waals surface area contributed by atoms with E-state index in [0.29, 0.717) is 12.1 Å². The zero-order valence-corrected chi connectivity index (χ0v) is 12.6. The third kappa shape index (κ3) is 3.70. The molecular weight excluding hydrogens is 308 g/mol. The Morgan fingerprint density at radius 2 is 2.32 bits per heavy atom. The molecule has 1 heterocycles. The van der Waals surface area contributed by atoms with Crippen LogP contribution in [0.5, 0.6) is 0 Å². The average Bonchev–Trinajstić information content (AvgIpc) is 2.39. The van der Waals surface area contributed by atoms with Gasteiger partial charge in [-0.3, -0.25) is 4.79 Å². The van der Waals surface area contributed by atoms with Crippen LogP contribution in [0.1, 0.15) is 25.7 Å². The van der Waals surface area contributed by atoms with Gasteiger partial charge in [-0.1, -0.05) is 15.9 Å². The fourth-order valence-corrected chi connectivity index (χ4v) is 2.64. The Bertz CT molecular complexity index is 459. The lowest BCUT2D eigenvalue weighted by Crippen LogP contribution is -2.32. The first-order valence-corrected chi connectivity index (χ1v) is 7.30. The standard InChI is InChI=1S/C14H19BrN2O2/c1-17(13-6-5-10(15)8-12(13)16)14(18)9-11-4-2-3-7-19-11/h5-6,8,11H,2-4,7,9,16H2,1H3. The molecule has 2 rings (SSSR count). The fourth-order valence-electron chi connectivity index (χ4n) is 2.27. The Hall–Kier alpha value is -1.07. The number of rotatable bonds is 3. The number of hydrogen-bond donors (Lipinski definition) is 1. The van der Waals surface area contributed by atoms with Crippen LogP contribution in [0.25, 0.3) is 0 Å². The van der Waals surface area contributed by atoms with Gasteiger partial charge >= 0.3 is 0 Å². The Labute approximate surface area is 122 Å². The van der Waals surface area contributed by atoms with E-state index >= 15 is 0 Å². The second kappa shape index (κ2) is 6.39. The molecule has 0 aromatic heterocycles. The van der Waals surface area contributed by atoms with Gasteiger partial charge < -0.3 is 15.4 Å². The highest BCUT2D eigenvalue weighted by Crippen LogP contribution is 2.27. The number of anilines is 2. The van der Waals surface area contributed by atoms with Crippen molar-refractivity contribution in [1.82, 2.24) is 0 Å². The summed E-state index contributed by atoms with van der Waals surface area (Å²) in [6, 6.07) is 5.53. The fraction of sp³-hybridized carbons (Fsp3) is 0.500. The highest BCUT2D eigenvalue weighted by molar-refractivity contribution is 9.10. The van der Waals surface area contributed by atoms with Crippen molar-refractivity contribution >= 4 is 33.2 Å². The molecule has 104 valence electrons. The second-order valence-electron chi connectivity index (χ2n) is 4.85. The number of ether oxygens (including phenoxy) is 1. The van der Waals surface area contributed by atoms with Gasteiger partial charge in [-0.15, -0.1) is 0 Å². The number of amides is 1. The van der Waals surface area contributed by atoms with Crippen molar-refractivity contribution in [2.45, 2.75) is 31.8 Å². The number of hydrogen-bond acceptors (Lipinski definition) is 3. The third-order valence-corrected chi connectivity index (χ3v) is 3.89. The SMILES string of the molecule is CN(C(=O)CC1CCCCO1)c1ccc(Br)cc1N. The molecule has 0 saturated carbocycles. The van der Waals surface area contributed by atoms with Gasteiger partial charge in [0, 0.05) is 18.1 Å². The summed E-state index contributed by atoms with van der Waals surface area (Å²) in [6.07, 6.45) is 3.68. The first-order valence-electron chi connectivity index (χ1n) is 6.51. The molecule has 4 nitrogen and oxygen atoms in total. The smallest absolute Gasteiger partial charge is 0.229 e. The van der Waals surface area contributed by atoms with Crippen LogP contribution in [0.2, 0.25) is 0 Å². The van der Waals surface area contributed by atoms with Crippen molar-refractivity contribution in [3.8, 4) is 0 Å². The van der Waals surface area contributed by atoms with E-state index in [4.69, 9.17) is 10.5 Å². The minimum Gasteiger partial charge on any atom is -0.397 e. The quantitative estimate of drug-likeness (QED) is 0.869. The molecule has 0 aliphatic carbocycles. The van der Waals surface area contributed by atoms with Crippen LogP contribution >= 0.6 is 15.9 Å². The highest BCUT2D eigenvalue weighted by atomic mass is 79.9. The normalized spacial score (nSPS) is 19.2. The molecule has 5 heteroatoms. The number of nitrogens with two attached hydrogens (primary N) is 1. The molecule has 1 aliphatic heterocycles. The maximum absolute atomic E-state index is 12.2. The maximum Gasteiger partial charge on any atom is 0.229 e. The minimum absolute atomic E-state index is 0.0425. The van der Waals surface area contributed by atoms with Crippen LogP contribution in [0.3, 0.4) is 0 Å². The molecule has 0 radical (unpaired) electrons. The summed E-state index contributed by atoms with van der Waals surface area (Å²) in [7, 11) is 1.75. The Morgan fingerprint density at radius 3 is 2.95 bits per heavy atom. The molecule has 1 unspecified atom stereocenters. The predicted molar refractivity (Wildman–Crippen MR) is 80.2 cm³/mol. The van der Waals surface area contributed by atoms with Gasteiger partial charge in [0.2, 0.25) is 5.91 Å². The number of carbonyl (C=O) groups excluding carboxylic acids is 1. The summed E-state index contributed by atoms with van der Waals surface area (Å²) >= 11 is 3.36. The van der Waals surface area contributed by atoms with Crippen LogP contribution in [0.4, 0.5) is 11.4 Å². The average molecular weight is 327 g/mol. The van der Waals surface area contributed by atoms with Crippen molar-refractivity contribution in [2.75, 3.05) is 24.3 Å². The lowest BCUT2D eigenvalue weighted by molar-refractivity contribution is -0.122. The molecular formula is C14H19BrN2O2. The second-order valence-corrected chi connectivity index (χ2v) is 5.76. The molecule has 1 fully saturated rings. The summed E-state index contributed by atoms with van der Waals surface area (Å²) < 4.78 is 6.51. The van der Waals surface area contributed by atoms with E-state index in [-0.39, 0.29) is 12.0 Å². The summed E-state index contributed by atoms with van der Waals surface area (Å²) in [5.74, 6) is 0.0425. The highest BCUT2D eigenvalue weighted by Gasteiger charge is 2.21. The molecule has 19 heavy (non-hydrogen) atoms. The van der Waals surface area contributed by atoms with Gasteiger partial charge in [0.15, 0.2) is 0 Å². The van der Waals surface area contributed by atoms with Gasteiger partial charge in [-0.05, 0) is 37.5 Å². The predicted octanol–water partition coefficient (Wildman–Crippen LogP) is 2.95. The van der Waals surface area contributed by atoms with Crippen molar-refractivity contribution in [1.29, 1.82) is 0 Å². The van der Waals surface area contributed by atoms with Crippen LogP contribution in [0.15, 0.2) is 22.7 Å². The molecule has 0 spiro atoms. The van der Waals surface area contributed by atoms with Crippen molar-refractivity contribution < 1.29 is 9.53 Å². The van der Waals surface area contributed by atoms with E-state index in [9.17, 15) is 4.79 Å². The first kappa shape index (κ1) is 14.3. The number of nitrogens with zero attached hydrogens (tertiary/aromatic N) is 1. The molecule has 0 bridgehead atoms. The van der Waals surface area contributed by atoms with E-state index in [1.807, 2.05) is 12.1 Å². The monoisotopic (exact) mass is 326 g/mol. The van der Waals surface area contributed by atoms with Gasteiger partial charge in [-0.2, -0.15) is 0 Å². The van der Waals surface area contributed by atoms with Gasteiger partial charge in [0.05, 0.1) is 23.9 Å². The summed E-state index contributed by atoms with van der Waals surface area (Å²) in [5.41, 5.74) is 7.27. The van der Waals surface area contributed by atoms with E-state index in [1.165, 1.54) is 0 Å². The third-order valence-electron chi connectivity index (χ3n) is 3.40. The minimum atomic E-state index is 0.0425. The van der Waals surface area contributed by atoms with Gasteiger partial charge in [0.1, 0.15) is 0 Å². The Morgan fingerprint density at radius 1 is 1.53 bits per heavy atom. The molecule has 2 N–H and O–H groups in total. The Kier molecular flexibility index (Phi) is 4.82. The zero-order chi connectivity index (χ0) is 13.8. The van der Waals surface area contributed by atoms with E-state index in [0.717, 1.165) is 36.0 Å². The maximum atomic E-state index is 12.2. The van der Waals surface area contributed by atoms with Crippen molar-refractivity contribution in [3.05, 3.63) is 22.7 Å². The number of carbonyl (C=O) groups is 1. The van der Waals surface area contributed by atoms with E-state index in [2.05, 4.69) is 15.9 Å². The van der Waals surface area contributed by atoms with E-state index < -0.39 is 0 Å². The summed E-state index contributed by atoms with van der Waals surface area (Å²) in [4.78, 5) is 13.8. The molecule has 1 atom stereocenters. The number of nitrogen functional groups attached to an aromatic ring is 1. The largest absolute Gasteiger partial charge is 0.397 e. The van der Waals surface area contributed by atoms with Gasteiger partial charge in [-0.25, -0.2) is 0 Å². The van der Waals surface area contributed by atoms with Crippen LogP contribution in [-0.4, -0.2) is 25.7 Å². The van der Waals surface area contributed by atoms with Crippen molar-refractivity contribution in [2.24, 2.45) is 0 Å². The summed E-state index contributed by atoms with van der Waals surface area (Å²) in [5, 5.41) is 0. The lowest BCUT2D eigenvalue weighted by Gasteiger charge is -2.25. The van der Waals surface area contributed by atoms with Crippen LogP contribution < -0.4 is 10.6 Å². The molecule has 1 aromatic carbocycles. The molecule has 1 aliphatic rings. The van der Waals surface area contributed by atoms with Crippen molar-refractivity contribution in [3.63, 3.8) is 0 Å². The number of benzene rings is 1. The topological polar surface area (TPSA) is 55.6 Å². The molecule has 1 saturated heterocycles. The first-order chi connectivity index (χ1) is 9.08.